The van der Waals surface area contributed by atoms with Crippen LogP contribution in [0.1, 0.15) is 36.1 Å². The van der Waals surface area contributed by atoms with Gasteiger partial charge in [0.25, 0.3) is 0 Å². The number of hydrogen-bond donors (Lipinski definition) is 2. The summed E-state index contributed by atoms with van der Waals surface area (Å²) in [7, 11) is 0. The van der Waals surface area contributed by atoms with Crippen molar-refractivity contribution in [3.05, 3.63) is 56.2 Å². The molecule has 0 aliphatic carbocycles. The lowest BCUT2D eigenvalue weighted by Gasteiger charge is -2.15. The van der Waals surface area contributed by atoms with Crippen LogP contribution < -0.4 is 11.3 Å². The summed E-state index contributed by atoms with van der Waals surface area (Å²) in [5, 5.41) is 2.12. The highest BCUT2D eigenvalue weighted by Gasteiger charge is 2.13. The van der Waals surface area contributed by atoms with Gasteiger partial charge < -0.3 is 0 Å². The maximum absolute atomic E-state index is 5.68. The van der Waals surface area contributed by atoms with Crippen molar-refractivity contribution in [1.82, 2.24) is 5.43 Å². The standard InChI is InChI=1S/C14H17BrN2S/c1-2-3-10-4-6-11(7-5-10)14(17-16)12-8-13(15)18-9-12/h4-9,14,17H,2-3,16H2,1H3. The van der Waals surface area contributed by atoms with E-state index in [0.29, 0.717) is 0 Å². The third-order valence-electron chi connectivity index (χ3n) is 2.94. The third-order valence-corrected chi connectivity index (χ3v) is 4.46. The molecule has 1 aromatic heterocycles. The van der Waals surface area contributed by atoms with E-state index in [-0.39, 0.29) is 6.04 Å². The number of nitrogens with two attached hydrogens (primary N) is 1. The fourth-order valence-electron chi connectivity index (χ4n) is 2.03. The Morgan fingerprint density at radius 2 is 2.00 bits per heavy atom. The molecule has 0 aliphatic rings. The van der Waals surface area contributed by atoms with Crippen molar-refractivity contribution in [2.45, 2.75) is 25.8 Å². The lowest BCUT2D eigenvalue weighted by Crippen LogP contribution is -2.28. The third kappa shape index (κ3) is 3.20. The molecule has 0 bridgehead atoms. The average Bonchev–Trinajstić information content (AvgIpc) is 2.79. The molecule has 0 saturated carbocycles. The number of hydrogen-bond acceptors (Lipinski definition) is 3. The van der Waals surface area contributed by atoms with Crippen LogP contribution in [0, 0.1) is 0 Å². The topological polar surface area (TPSA) is 38.0 Å². The Balaban J connectivity index is 2.22. The number of rotatable bonds is 5. The first-order valence-corrected chi connectivity index (χ1v) is 7.70. The summed E-state index contributed by atoms with van der Waals surface area (Å²) in [6.07, 6.45) is 2.31. The van der Waals surface area contributed by atoms with Gasteiger partial charge in [-0.25, -0.2) is 5.43 Å². The predicted octanol–water partition coefficient (Wildman–Crippen LogP) is 4.02. The van der Waals surface area contributed by atoms with Crippen LogP contribution in [0.2, 0.25) is 0 Å². The minimum absolute atomic E-state index is 0.0585. The van der Waals surface area contributed by atoms with Crippen LogP contribution in [0.5, 0.6) is 0 Å². The van der Waals surface area contributed by atoms with E-state index < -0.39 is 0 Å². The van der Waals surface area contributed by atoms with Gasteiger partial charge in [-0.15, -0.1) is 11.3 Å². The Kier molecular flexibility index (Phi) is 4.95. The lowest BCUT2D eigenvalue weighted by atomic mass is 9.99. The van der Waals surface area contributed by atoms with Crippen LogP contribution >= 0.6 is 27.3 Å². The second kappa shape index (κ2) is 6.48. The average molecular weight is 325 g/mol. The van der Waals surface area contributed by atoms with E-state index in [1.54, 1.807) is 11.3 Å². The molecule has 0 saturated heterocycles. The summed E-state index contributed by atoms with van der Waals surface area (Å²) < 4.78 is 1.13. The van der Waals surface area contributed by atoms with Gasteiger partial charge in [-0.2, -0.15) is 0 Å². The lowest BCUT2D eigenvalue weighted by molar-refractivity contribution is 0.638. The fourth-order valence-corrected chi connectivity index (χ4v) is 3.23. The van der Waals surface area contributed by atoms with Gasteiger partial charge in [0, 0.05) is 0 Å². The molecule has 3 N–H and O–H groups in total. The Hall–Kier alpha value is -0.680. The summed E-state index contributed by atoms with van der Waals surface area (Å²) in [5.41, 5.74) is 6.65. The second-order valence-corrected chi connectivity index (χ2v) is 6.57. The van der Waals surface area contributed by atoms with Crippen molar-refractivity contribution in [3.8, 4) is 0 Å². The predicted molar refractivity (Wildman–Crippen MR) is 81.6 cm³/mol. The van der Waals surface area contributed by atoms with Gasteiger partial charge in [-0.3, -0.25) is 5.84 Å². The number of hydrazine groups is 1. The van der Waals surface area contributed by atoms with Crippen LogP contribution in [0.25, 0.3) is 0 Å². The Morgan fingerprint density at radius 1 is 1.28 bits per heavy atom. The van der Waals surface area contributed by atoms with Gasteiger partial charge in [-0.05, 0) is 50.5 Å². The summed E-state index contributed by atoms with van der Waals surface area (Å²) in [6.45, 7) is 2.20. The molecule has 0 spiro atoms. The molecule has 0 radical (unpaired) electrons. The van der Waals surface area contributed by atoms with Gasteiger partial charge in [0.2, 0.25) is 0 Å². The van der Waals surface area contributed by atoms with Crippen LogP contribution in [-0.2, 0) is 6.42 Å². The summed E-state index contributed by atoms with van der Waals surface area (Å²) in [6, 6.07) is 10.8. The van der Waals surface area contributed by atoms with E-state index in [1.165, 1.54) is 23.1 Å². The molecule has 1 atom stereocenters. The molecule has 0 amide bonds. The van der Waals surface area contributed by atoms with Gasteiger partial charge >= 0.3 is 0 Å². The Bertz CT molecular complexity index is 493. The van der Waals surface area contributed by atoms with E-state index in [9.17, 15) is 0 Å². The van der Waals surface area contributed by atoms with Crippen molar-refractivity contribution in [3.63, 3.8) is 0 Å². The molecule has 18 heavy (non-hydrogen) atoms. The molecule has 1 aromatic carbocycles. The molecule has 4 heteroatoms. The fraction of sp³-hybridized carbons (Fsp3) is 0.286. The highest BCUT2D eigenvalue weighted by molar-refractivity contribution is 9.11. The second-order valence-electron chi connectivity index (χ2n) is 4.28. The molecule has 1 heterocycles. The van der Waals surface area contributed by atoms with Gasteiger partial charge in [0.15, 0.2) is 0 Å². The largest absolute Gasteiger partial charge is 0.271 e. The summed E-state index contributed by atoms with van der Waals surface area (Å²) in [5.74, 6) is 5.68. The van der Waals surface area contributed by atoms with Gasteiger partial charge in [0.05, 0.1) is 9.83 Å². The molecule has 1 unspecified atom stereocenters. The summed E-state index contributed by atoms with van der Waals surface area (Å²) in [4.78, 5) is 0. The van der Waals surface area contributed by atoms with E-state index in [0.717, 1.165) is 10.2 Å². The molecule has 2 nitrogen and oxygen atoms in total. The summed E-state index contributed by atoms with van der Waals surface area (Å²) >= 11 is 5.16. The van der Waals surface area contributed by atoms with Crippen LogP contribution in [0.15, 0.2) is 39.5 Å². The zero-order valence-electron chi connectivity index (χ0n) is 10.3. The SMILES string of the molecule is CCCc1ccc(C(NN)c2csc(Br)c2)cc1. The Labute approximate surface area is 120 Å². The normalized spacial score (nSPS) is 12.6. The maximum Gasteiger partial charge on any atom is 0.0718 e. The molecule has 0 fully saturated rings. The van der Waals surface area contributed by atoms with E-state index in [4.69, 9.17) is 5.84 Å². The zero-order chi connectivity index (χ0) is 13.0. The molecular weight excluding hydrogens is 308 g/mol. The molecule has 0 aliphatic heterocycles. The maximum atomic E-state index is 5.68. The first-order valence-electron chi connectivity index (χ1n) is 6.03. The van der Waals surface area contributed by atoms with E-state index >= 15 is 0 Å². The smallest absolute Gasteiger partial charge is 0.0718 e. The van der Waals surface area contributed by atoms with Crippen LogP contribution in [-0.4, -0.2) is 0 Å². The minimum Gasteiger partial charge on any atom is -0.271 e. The van der Waals surface area contributed by atoms with Crippen molar-refractivity contribution >= 4 is 27.3 Å². The number of aryl methyl sites for hydroxylation is 1. The highest BCUT2D eigenvalue weighted by atomic mass is 79.9. The molecule has 96 valence electrons. The quantitative estimate of drug-likeness (QED) is 0.644. The van der Waals surface area contributed by atoms with Crippen molar-refractivity contribution < 1.29 is 0 Å². The molecule has 2 rings (SSSR count). The van der Waals surface area contributed by atoms with Gasteiger partial charge in [-0.1, -0.05) is 37.6 Å². The molecular formula is C14H17BrN2S. The van der Waals surface area contributed by atoms with Crippen molar-refractivity contribution in [2.75, 3.05) is 0 Å². The highest BCUT2D eigenvalue weighted by Crippen LogP contribution is 2.29. The van der Waals surface area contributed by atoms with E-state index in [2.05, 4.69) is 64.0 Å². The van der Waals surface area contributed by atoms with Crippen LogP contribution in [0.3, 0.4) is 0 Å². The number of thiophene rings is 1. The first kappa shape index (κ1) is 13.7. The number of halogens is 1. The monoisotopic (exact) mass is 324 g/mol. The minimum atomic E-state index is 0.0585. The first-order chi connectivity index (χ1) is 8.74. The van der Waals surface area contributed by atoms with Crippen molar-refractivity contribution in [2.24, 2.45) is 5.84 Å². The van der Waals surface area contributed by atoms with Crippen LogP contribution in [0.4, 0.5) is 0 Å². The molecule has 2 aromatic rings. The zero-order valence-corrected chi connectivity index (χ0v) is 12.7. The van der Waals surface area contributed by atoms with E-state index in [1.807, 2.05) is 0 Å². The Morgan fingerprint density at radius 3 is 2.50 bits per heavy atom. The van der Waals surface area contributed by atoms with Crippen molar-refractivity contribution in [1.29, 1.82) is 0 Å². The number of benzene rings is 1. The number of nitrogens with one attached hydrogen (secondary N) is 1. The van der Waals surface area contributed by atoms with Gasteiger partial charge in [0.1, 0.15) is 0 Å².